The van der Waals surface area contributed by atoms with E-state index in [4.69, 9.17) is 4.74 Å². The summed E-state index contributed by atoms with van der Waals surface area (Å²) in [5.74, 6) is 0.648. The van der Waals surface area contributed by atoms with Gasteiger partial charge in [0.05, 0.1) is 5.92 Å². The lowest BCUT2D eigenvalue weighted by Crippen LogP contribution is -2.41. The van der Waals surface area contributed by atoms with Gasteiger partial charge in [-0.05, 0) is 38.5 Å². The molecule has 3 nitrogen and oxygen atoms in total. The minimum Gasteiger partial charge on any atom is -0.454 e. The largest absolute Gasteiger partial charge is 0.454 e. The number of Topliss-reactive ketones (excluding diaryl/α,β-unsaturated/α-hetero) is 1. The van der Waals surface area contributed by atoms with E-state index < -0.39 is 6.10 Å². The van der Waals surface area contributed by atoms with Gasteiger partial charge in [-0.2, -0.15) is 0 Å². The van der Waals surface area contributed by atoms with E-state index in [2.05, 4.69) is 0 Å². The zero-order chi connectivity index (χ0) is 16.8. The molecule has 3 aliphatic rings. The van der Waals surface area contributed by atoms with Crippen LogP contribution in [0.2, 0.25) is 0 Å². The van der Waals surface area contributed by atoms with Crippen LogP contribution in [0.1, 0.15) is 96.3 Å². The standard InChI is InChI=1S/C21H34O3/c22-19(16-10-4-1-5-11-16)20(17-12-6-2-7-13-17)24-21(23)18-14-8-3-9-15-18/h16-18,20H,1-15H2. The molecule has 1 atom stereocenters. The molecule has 0 radical (unpaired) electrons. The summed E-state index contributed by atoms with van der Waals surface area (Å²) in [6.07, 6.45) is 16.3. The molecule has 3 rings (SSSR count). The van der Waals surface area contributed by atoms with Crippen molar-refractivity contribution in [3.05, 3.63) is 0 Å². The van der Waals surface area contributed by atoms with E-state index in [0.717, 1.165) is 64.2 Å². The van der Waals surface area contributed by atoms with Crippen molar-refractivity contribution < 1.29 is 14.3 Å². The molecule has 24 heavy (non-hydrogen) atoms. The highest BCUT2D eigenvalue weighted by molar-refractivity contribution is 5.88. The van der Waals surface area contributed by atoms with Crippen molar-refractivity contribution in [3.8, 4) is 0 Å². The molecular formula is C21H34O3. The van der Waals surface area contributed by atoms with Crippen LogP contribution in [0.4, 0.5) is 0 Å². The molecule has 3 aliphatic carbocycles. The van der Waals surface area contributed by atoms with Crippen molar-refractivity contribution in [2.75, 3.05) is 0 Å². The first-order valence-electron chi connectivity index (χ1n) is 10.5. The predicted molar refractivity (Wildman–Crippen MR) is 94.6 cm³/mol. The van der Waals surface area contributed by atoms with Crippen LogP contribution in [0, 0.1) is 17.8 Å². The summed E-state index contributed by atoms with van der Waals surface area (Å²) in [5.41, 5.74) is 0. The SMILES string of the molecule is O=C(OC(C(=O)C1CCCCC1)C1CCCCC1)C1CCCCC1. The molecule has 3 saturated carbocycles. The molecule has 0 amide bonds. The van der Waals surface area contributed by atoms with Gasteiger partial charge in [-0.3, -0.25) is 9.59 Å². The smallest absolute Gasteiger partial charge is 0.309 e. The molecule has 0 saturated heterocycles. The van der Waals surface area contributed by atoms with Crippen LogP contribution in [-0.4, -0.2) is 17.9 Å². The number of ether oxygens (including phenoxy) is 1. The van der Waals surface area contributed by atoms with Crippen LogP contribution in [0.5, 0.6) is 0 Å². The quantitative estimate of drug-likeness (QED) is 0.648. The highest BCUT2D eigenvalue weighted by Crippen LogP contribution is 2.34. The molecule has 3 fully saturated rings. The Kier molecular flexibility index (Phi) is 6.74. The number of rotatable bonds is 5. The molecule has 1 unspecified atom stereocenters. The summed E-state index contributed by atoms with van der Waals surface area (Å²) < 4.78 is 5.96. The van der Waals surface area contributed by atoms with E-state index in [1.54, 1.807) is 0 Å². The topological polar surface area (TPSA) is 43.4 Å². The minimum atomic E-state index is -0.442. The van der Waals surface area contributed by atoms with Crippen molar-refractivity contribution in [1.29, 1.82) is 0 Å². The van der Waals surface area contributed by atoms with Crippen LogP contribution >= 0.6 is 0 Å². The maximum absolute atomic E-state index is 13.1. The van der Waals surface area contributed by atoms with Crippen LogP contribution < -0.4 is 0 Å². The number of esters is 1. The Morgan fingerprint density at radius 3 is 1.62 bits per heavy atom. The van der Waals surface area contributed by atoms with Crippen molar-refractivity contribution in [2.45, 2.75) is 102 Å². The predicted octanol–water partition coefficient (Wildman–Crippen LogP) is 5.21. The van der Waals surface area contributed by atoms with Gasteiger partial charge in [0.15, 0.2) is 11.9 Å². The number of carbonyl (C=O) groups is 2. The third-order valence-corrected chi connectivity index (χ3v) is 6.55. The van der Waals surface area contributed by atoms with Crippen LogP contribution in [0.3, 0.4) is 0 Å². The van der Waals surface area contributed by atoms with Gasteiger partial charge in [0.1, 0.15) is 0 Å². The average molecular weight is 335 g/mol. The molecule has 0 aromatic heterocycles. The summed E-state index contributed by atoms with van der Waals surface area (Å²) in [6, 6.07) is 0. The normalized spacial score (nSPS) is 26.0. The van der Waals surface area contributed by atoms with Crippen molar-refractivity contribution in [2.24, 2.45) is 17.8 Å². The molecular weight excluding hydrogens is 300 g/mol. The summed E-state index contributed by atoms with van der Waals surface area (Å²) in [5, 5.41) is 0. The maximum Gasteiger partial charge on any atom is 0.309 e. The van der Waals surface area contributed by atoms with E-state index in [1.807, 2.05) is 0 Å². The average Bonchev–Trinajstić information content (AvgIpc) is 2.67. The van der Waals surface area contributed by atoms with Gasteiger partial charge >= 0.3 is 5.97 Å². The molecule has 136 valence electrons. The number of carbonyl (C=O) groups excluding carboxylic acids is 2. The van der Waals surface area contributed by atoms with E-state index in [9.17, 15) is 9.59 Å². The molecule has 0 aromatic rings. The zero-order valence-electron chi connectivity index (χ0n) is 15.1. The van der Waals surface area contributed by atoms with Gasteiger partial charge < -0.3 is 4.74 Å². The minimum absolute atomic E-state index is 0.0454. The van der Waals surface area contributed by atoms with E-state index in [0.29, 0.717) is 0 Å². The molecule has 0 aliphatic heterocycles. The highest BCUT2D eigenvalue weighted by atomic mass is 16.5. The second kappa shape index (κ2) is 9.01. The Hall–Kier alpha value is -0.860. The Labute approximate surface area is 146 Å². The van der Waals surface area contributed by atoms with Crippen molar-refractivity contribution in [1.82, 2.24) is 0 Å². The third kappa shape index (κ3) is 4.61. The van der Waals surface area contributed by atoms with Crippen LogP contribution in [0.25, 0.3) is 0 Å². The van der Waals surface area contributed by atoms with Gasteiger partial charge in [0, 0.05) is 11.8 Å². The van der Waals surface area contributed by atoms with Crippen LogP contribution in [-0.2, 0) is 14.3 Å². The molecule has 0 aromatic carbocycles. The second-order valence-corrected chi connectivity index (χ2v) is 8.33. The van der Waals surface area contributed by atoms with Crippen molar-refractivity contribution in [3.63, 3.8) is 0 Å². The highest BCUT2D eigenvalue weighted by Gasteiger charge is 2.38. The summed E-state index contributed by atoms with van der Waals surface area (Å²) >= 11 is 0. The molecule has 0 heterocycles. The zero-order valence-corrected chi connectivity index (χ0v) is 15.1. The fraction of sp³-hybridized carbons (Fsp3) is 0.905. The fourth-order valence-electron chi connectivity index (χ4n) is 5.00. The number of hydrogen-bond donors (Lipinski definition) is 0. The number of hydrogen-bond acceptors (Lipinski definition) is 3. The van der Waals surface area contributed by atoms with Crippen LogP contribution in [0.15, 0.2) is 0 Å². The van der Waals surface area contributed by atoms with Crippen molar-refractivity contribution >= 4 is 11.8 Å². The molecule has 0 bridgehead atoms. The van der Waals surface area contributed by atoms with Gasteiger partial charge in [-0.25, -0.2) is 0 Å². The summed E-state index contributed by atoms with van der Waals surface area (Å²) in [6.45, 7) is 0. The van der Waals surface area contributed by atoms with Gasteiger partial charge in [0.2, 0.25) is 0 Å². The Morgan fingerprint density at radius 1 is 0.625 bits per heavy atom. The lowest BCUT2D eigenvalue weighted by Gasteiger charge is -2.33. The fourth-order valence-corrected chi connectivity index (χ4v) is 5.00. The Balaban J connectivity index is 1.66. The molecule has 0 spiro atoms. The number of ketones is 1. The first-order valence-corrected chi connectivity index (χ1v) is 10.5. The van der Waals surface area contributed by atoms with Gasteiger partial charge in [-0.1, -0.05) is 57.8 Å². The third-order valence-electron chi connectivity index (χ3n) is 6.55. The molecule has 0 N–H and O–H groups in total. The summed E-state index contributed by atoms with van der Waals surface area (Å²) in [4.78, 5) is 25.8. The first-order chi connectivity index (χ1) is 11.8. The molecule has 3 heteroatoms. The van der Waals surface area contributed by atoms with E-state index >= 15 is 0 Å². The van der Waals surface area contributed by atoms with E-state index in [-0.39, 0.29) is 29.5 Å². The lowest BCUT2D eigenvalue weighted by atomic mass is 9.77. The Bertz CT molecular complexity index is 413. The van der Waals surface area contributed by atoms with Gasteiger partial charge in [-0.15, -0.1) is 0 Å². The second-order valence-electron chi connectivity index (χ2n) is 8.33. The first kappa shape index (κ1) is 17.9. The lowest BCUT2D eigenvalue weighted by molar-refractivity contribution is -0.166. The van der Waals surface area contributed by atoms with E-state index in [1.165, 1.54) is 32.1 Å². The Morgan fingerprint density at radius 2 is 1.08 bits per heavy atom. The van der Waals surface area contributed by atoms with Gasteiger partial charge in [0.25, 0.3) is 0 Å². The maximum atomic E-state index is 13.1. The summed E-state index contributed by atoms with van der Waals surface area (Å²) in [7, 11) is 0. The monoisotopic (exact) mass is 334 g/mol.